The third-order valence-corrected chi connectivity index (χ3v) is 6.16. The van der Waals surface area contributed by atoms with Gasteiger partial charge >= 0.3 is 0 Å². The molecule has 1 aliphatic heterocycles. The Morgan fingerprint density at radius 1 is 1.27 bits per heavy atom. The average Bonchev–Trinajstić information content (AvgIpc) is 3.33. The van der Waals surface area contributed by atoms with E-state index in [2.05, 4.69) is 27.8 Å². The SMILES string of the molecule is CCc1cc(C(=O)N2CCC[C@H](c3nc4ccccc4n3C)C2)c2c(C)noc2n1. The maximum Gasteiger partial charge on any atom is 0.258 e. The Labute approximate surface area is 174 Å². The zero-order valence-corrected chi connectivity index (χ0v) is 17.6. The number of imidazole rings is 1. The molecule has 0 N–H and O–H groups in total. The van der Waals surface area contributed by atoms with Gasteiger partial charge in [0.15, 0.2) is 0 Å². The number of para-hydroxylation sites is 2. The lowest BCUT2D eigenvalue weighted by molar-refractivity contribution is 0.0705. The van der Waals surface area contributed by atoms with E-state index in [1.807, 2.05) is 43.0 Å². The third-order valence-electron chi connectivity index (χ3n) is 6.16. The minimum Gasteiger partial charge on any atom is -0.338 e. The van der Waals surface area contributed by atoms with E-state index < -0.39 is 0 Å². The summed E-state index contributed by atoms with van der Waals surface area (Å²) < 4.78 is 7.53. The van der Waals surface area contributed by atoms with Crippen LogP contribution in [0.1, 0.15) is 53.3 Å². The molecular formula is C23H25N5O2. The van der Waals surface area contributed by atoms with E-state index in [4.69, 9.17) is 9.51 Å². The lowest BCUT2D eigenvalue weighted by Crippen LogP contribution is -2.39. The van der Waals surface area contributed by atoms with Crippen molar-refractivity contribution in [1.82, 2.24) is 24.6 Å². The number of aryl methyl sites for hydroxylation is 3. The highest BCUT2D eigenvalue weighted by atomic mass is 16.5. The summed E-state index contributed by atoms with van der Waals surface area (Å²) in [7, 11) is 2.06. The number of pyridine rings is 1. The number of carbonyl (C=O) groups excluding carboxylic acids is 1. The fourth-order valence-electron chi connectivity index (χ4n) is 4.57. The smallest absolute Gasteiger partial charge is 0.258 e. The highest BCUT2D eigenvalue weighted by Crippen LogP contribution is 2.31. The number of amides is 1. The first-order chi connectivity index (χ1) is 14.6. The monoisotopic (exact) mass is 403 g/mol. The van der Waals surface area contributed by atoms with Crippen molar-refractivity contribution in [2.24, 2.45) is 7.05 Å². The van der Waals surface area contributed by atoms with Gasteiger partial charge in [0.1, 0.15) is 5.82 Å². The predicted molar refractivity (Wildman–Crippen MR) is 115 cm³/mol. The van der Waals surface area contributed by atoms with E-state index in [-0.39, 0.29) is 11.8 Å². The van der Waals surface area contributed by atoms with Crippen LogP contribution in [-0.2, 0) is 13.5 Å². The zero-order valence-electron chi connectivity index (χ0n) is 17.6. The van der Waals surface area contributed by atoms with Crippen LogP contribution in [0.3, 0.4) is 0 Å². The minimum absolute atomic E-state index is 0.0202. The lowest BCUT2D eigenvalue weighted by atomic mass is 9.96. The maximum absolute atomic E-state index is 13.6. The van der Waals surface area contributed by atoms with Crippen LogP contribution in [0.4, 0.5) is 0 Å². The first-order valence-corrected chi connectivity index (χ1v) is 10.5. The van der Waals surface area contributed by atoms with E-state index >= 15 is 0 Å². The molecule has 7 heteroatoms. The van der Waals surface area contributed by atoms with Crippen LogP contribution < -0.4 is 0 Å². The van der Waals surface area contributed by atoms with Crippen LogP contribution in [0.15, 0.2) is 34.9 Å². The topological polar surface area (TPSA) is 77.0 Å². The van der Waals surface area contributed by atoms with E-state index in [9.17, 15) is 4.79 Å². The van der Waals surface area contributed by atoms with Crippen molar-refractivity contribution < 1.29 is 9.32 Å². The molecule has 1 fully saturated rings. The van der Waals surface area contributed by atoms with Gasteiger partial charge in [-0.25, -0.2) is 9.97 Å². The van der Waals surface area contributed by atoms with Gasteiger partial charge in [-0.15, -0.1) is 0 Å². The van der Waals surface area contributed by atoms with Crippen molar-refractivity contribution in [1.29, 1.82) is 0 Å². The molecule has 0 spiro atoms. The van der Waals surface area contributed by atoms with Crippen LogP contribution in [0.2, 0.25) is 0 Å². The summed E-state index contributed by atoms with van der Waals surface area (Å²) >= 11 is 0. The Morgan fingerprint density at radius 3 is 2.90 bits per heavy atom. The van der Waals surface area contributed by atoms with Gasteiger partial charge in [-0.3, -0.25) is 4.79 Å². The number of aromatic nitrogens is 4. The van der Waals surface area contributed by atoms with Crippen molar-refractivity contribution in [2.75, 3.05) is 13.1 Å². The van der Waals surface area contributed by atoms with Crippen molar-refractivity contribution in [2.45, 2.75) is 39.0 Å². The standard InChI is InChI=1S/C23H25N5O2/c1-4-16-12-17(20-14(2)26-30-22(20)24-16)23(29)28-11-7-8-15(13-28)21-25-18-9-5-6-10-19(18)27(21)3/h5-6,9-10,12,15H,4,7-8,11,13H2,1-3H3/t15-/m0/s1. The number of likely N-dealkylation sites (tertiary alicyclic amines) is 1. The van der Waals surface area contributed by atoms with Gasteiger partial charge in [0, 0.05) is 31.7 Å². The zero-order chi connectivity index (χ0) is 20.8. The van der Waals surface area contributed by atoms with Gasteiger partial charge in [-0.05, 0) is 44.4 Å². The minimum atomic E-state index is 0.0202. The molecule has 1 atom stereocenters. The highest BCUT2D eigenvalue weighted by molar-refractivity contribution is 6.06. The quantitative estimate of drug-likeness (QED) is 0.517. The van der Waals surface area contributed by atoms with Crippen LogP contribution in [0.5, 0.6) is 0 Å². The summed E-state index contributed by atoms with van der Waals surface area (Å²) in [6.07, 6.45) is 2.72. The molecule has 0 aliphatic carbocycles. The number of carbonyl (C=O) groups is 1. The first kappa shape index (κ1) is 18.8. The van der Waals surface area contributed by atoms with Crippen LogP contribution in [0.25, 0.3) is 22.1 Å². The summed E-state index contributed by atoms with van der Waals surface area (Å²) in [5.41, 5.74) is 4.75. The molecule has 154 valence electrons. The normalized spacial score (nSPS) is 17.2. The molecule has 0 bridgehead atoms. The molecular weight excluding hydrogens is 378 g/mol. The fourth-order valence-corrected chi connectivity index (χ4v) is 4.57. The number of nitrogens with zero attached hydrogens (tertiary/aromatic N) is 5. The Kier molecular flexibility index (Phi) is 4.53. The molecule has 4 heterocycles. The van der Waals surface area contributed by atoms with Gasteiger partial charge in [-0.2, -0.15) is 0 Å². The van der Waals surface area contributed by atoms with Crippen LogP contribution >= 0.6 is 0 Å². The molecule has 0 unspecified atom stereocenters. The number of fused-ring (bicyclic) bond motifs is 2. The number of benzene rings is 1. The van der Waals surface area contributed by atoms with Crippen molar-refractivity contribution in [3.63, 3.8) is 0 Å². The lowest BCUT2D eigenvalue weighted by Gasteiger charge is -2.32. The molecule has 30 heavy (non-hydrogen) atoms. The van der Waals surface area contributed by atoms with Crippen LogP contribution in [-0.4, -0.2) is 43.6 Å². The van der Waals surface area contributed by atoms with E-state index in [1.54, 1.807) is 0 Å². The average molecular weight is 403 g/mol. The number of hydrogen-bond donors (Lipinski definition) is 0. The van der Waals surface area contributed by atoms with Crippen molar-refractivity contribution in [3.8, 4) is 0 Å². The van der Waals surface area contributed by atoms with E-state index in [0.717, 1.165) is 53.7 Å². The Bertz CT molecular complexity index is 1260. The Balaban J connectivity index is 1.49. The highest BCUT2D eigenvalue weighted by Gasteiger charge is 2.30. The largest absolute Gasteiger partial charge is 0.338 e. The van der Waals surface area contributed by atoms with Gasteiger partial charge in [-0.1, -0.05) is 24.2 Å². The molecule has 1 amide bonds. The van der Waals surface area contributed by atoms with Crippen molar-refractivity contribution >= 4 is 28.0 Å². The first-order valence-electron chi connectivity index (χ1n) is 10.5. The summed E-state index contributed by atoms with van der Waals surface area (Å²) in [4.78, 5) is 24.9. The molecule has 3 aromatic heterocycles. The molecule has 1 aliphatic rings. The third kappa shape index (κ3) is 2.96. The summed E-state index contributed by atoms with van der Waals surface area (Å²) in [5, 5.41) is 4.76. The molecule has 7 nitrogen and oxygen atoms in total. The summed E-state index contributed by atoms with van der Waals surface area (Å²) in [6, 6.07) is 10.1. The molecule has 1 aromatic carbocycles. The number of hydrogen-bond acceptors (Lipinski definition) is 5. The Hall–Kier alpha value is -3.22. The fraction of sp³-hybridized carbons (Fsp3) is 0.391. The van der Waals surface area contributed by atoms with Gasteiger partial charge < -0.3 is 14.0 Å². The Morgan fingerprint density at radius 2 is 2.10 bits per heavy atom. The summed E-state index contributed by atoms with van der Waals surface area (Å²) in [5.74, 6) is 1.28. The van der Waals surface area contributed by atoms with Crippen LogP contribution in [0, 0.1) is 6.92 Å². The summed E-state index contributed by atoms with van der Waals surface area (Å²) in [6.45, 7) is 5.28. The molecule has 4 aromatic rings. The molecule has 5 rings (SSSR count). The van der Waals surface area contributed by atoms with Gasteiger partial charge in [0.05, 0.1) is 27.7 Å². The van der Waals surface area contributed by atoms with Gasteiger partial charge in [0.2, 0.25) is 0 Å². The molecule has 1 saturated heterocycles. The molecule has 0 saturated carbocycles. The number of piperidine rings is 1. The maximum atomic E-state index is 13.6. The second-order valence-corrected chi connectivity index (χ2v) is 8.07. The van der Waals surface area contributed by atoms with Gasteiger partial charge in [0.25, 0.3) is 11.6 Å². The molecule has 0 radical (unpaired) electrons. The second kappa shape index (κ2) is 7.23. The number of rotatable bonds is 3. The van der Waals surface area contributed by atoms with E-state index in [1.165, 1.54) is 0 Å². The van der Waals surface area contributed by atoms with Crippen molar-refractivity contribution in [3.05, 3.63) is 53.1 Å². The second-order valence-electron chi connectivity index (χ2n) is 8.07. The predicted octanol–water partition coefficient (Wildman–Crippen LogP) is 4.00. The van der Waals surface area contributed by atoms with E-state index in [0.29, 0.717) is 23.5 Å².